The summed E-state index contributed by atoms with van der Waals surface area (Å²) in [5.41, 5.74) is 9.20. The number of nitrogens with zero attached hydrogens (tertiary/aromatic N) is 1. The topological polar surface area (TPSA) is 116 Å². The lowest BCUT2D eigenvalue weighted by molar-refractivity contribution is -0.139. The first-order valence-electron chi connectivity index (χ1n) is 8.07. The highest BCUT2D eigenvalue weighted by Gasteiger charge is 2.39. The van der Waals surface area contributed by atoms with E-state index in [1.165, 1.54) is 24.3 Å². The Morgan fingerprint density at radius 3 is 2.14 bits per heavy atom. The Labute approximate surface area is 160 Å². The number of aliphatic imine (C=N–C) groups is 1. The van der Waals surface area contributed by atoms with Crippen LogP contribution in [0.3, 0.4) is 0 Å². The highest BCUT2D eigenvalue weighted by atomic mass is 32.2. The third kappa shape index (κ3) is 4.33. The van der Waals surface area contributed by atoms with Crippen molar-refractivity contribution in [3.8, 4) is 0 Å². The molecule has 6 nitrogen and oxygen atoms in total. The van der Waals surface area contributed by atoms with Gasteiger partial charge in [0, 0.05) is 5.56 Å². The maximum absolute atomic E-state index is 13.6. The highest BCUT2D eigenvalue weighted by Crippen LogP contribution is 2.38. The molecule has 28 heavy (non-hydrogen) atoms. The maximum Gasteiger partial charge on any atom is 0.417 e. The first-order valence-corrected chi connectivity index (χ1v) is 9.56. The number of alkyl halides is 3. The first-order chi connectivity index (χ1) is 12.9. The SMILES string of the molecule is CCc1cc(S(=O)(=O)c2ccc(C)cc2)c(C(F)(F)F)cc1C(=O)N=C(N)N. The van der Waals surface area contributed by atoms with Crippen LogP contribution in [0.15, 0.2) is 51.2 Å². The molecule has 0 bridgehead atoms. The van der Waals surface area contributed by atoms with Gasteiger partial charge in [0.05, 0.1) is 15.4 Å². The molecule has 0 saturated carbocycles. The van der Waals surface area contributed by atoms with Crippen molar-refractivity contribution in [1.82, 2.24) is 0 Å². The zero-order valence-electron chi connectivity index (χ0n) is 15.0. The molecule has 1 amide bonds. The number of nitrogens with two attached hydrogens (primary N) is 2. The second kappa shape index (κ2) is 7.63. The fourth-order valence-corrected chi connectivity index (χ4v) is 4.09. The van der Waals surface area contributed by atoms with Crippen LogP contribution in [0.4, 0.5) is 13.2 Å². The van der Waals surface area contributed by atoms with Gasteiger partial charge in [-0.1, -0.05) is 24.6 Å². The van der Waals surface area contributed by atoms with Crippen molar-refractivity contribution in [1.29, 1.82) is 0 Å². The number of hydrogen-bond acceptors (Lipinski definition) is 3. The van der Waals surface area contributed by atoms with Crippen LogP contribution in [0.5, 0.6) is 0 Å². The number of benzene rings is 2. The molecule has 150 valence electrons. The molecule has 2 rings (SSSR count). The van der Waals surface area contributed by atoms with Gasteiger partial charge in [-0.25, -0.2) is 8.42 Å². The van der Waals surface area contributed by atoms with E-state index in [1.54, 1.807) is 13.8 Å². The quantitative estimate of drug-likeness (QED) is 0.591. The van der Waals surface area contributed by atoms with Crippen LogP contribution in [0, 0.1) is 6.92 Å². The van der Waals surface area contributed by atoms with Crippen LogP contribution >= 0.6 is 0 Å². The molecule has 0 aliphatic heterocycles. The average Bonchev–Trinajstić information content (AvgIpc) is 2.59. The van der Waals surface area contributed by atoms with Crippen LogP contribution in [0.1, 0.15) is 34.0 Å². The molecule has 0 aliphatic rings. The van der Waals surface area contributed by atoms with E-state index in [0.717, 1.165) is 11.6 Å². The monoisotopic (exact) mass is 413 g/mol. The van der Waals surface area contributed by atoms with Crippen molar-refractivity contribution in [2.24, 2.45) is 16.5 Å². The number of sulfone groups is 1. The van der Waals surface area contributed by atoms with E-state index < -0.39 is 43.9 Å². The summed E-state index contributed by atoms with van der Waals surface area (Å²) in [5.74, 6) is -1.70. The molecule has 10 heteroatoms. The van der Waals surface area contributed by atoms with Crippen LogP contribution < -0.4 is 11.5 Å². The van der Waals surface area contributed by atoms with E-state index in [1.807, 2.05) is 0 Å². The molecule has 0 heterocycles. The Hall–Kier alpha value is -2.88. The number of carbonyl (C=O) groups is 1. The van der Waals surface area contributed by atoms with Crippen LogP contribution in [-0.2, 0) is 22.4 Å². The first kappa shape index (κ1) is 21.4. The number of guanidine groups is 1. The van der Waals surface area contributed by atoms with Gasteiger partial charge in [0.25, 0.3) is 5.91 Å². The predicted octanol–water partition coefficient (Wildman–Crippen LogP) is 2.82. The van der Waals surface area contributed by atoms with Crippen molar-refractivity contribution in [3.63, 3.8) is 0 Å². The molecule has 0 radical (unpaired) electrons. The minimum atomic E-state index is -5.02. The summed E-state index contributed by atoms with van der Waals surface area (Å²) < 4.78 is 66.7. The Balaban J connectivity index is 2.82. The van der Waals surface area contributed by atoms with Gasteiger partial charge in [0.1, 0.15) is 0 Å². The average molecular weight is 413 g/mol. The molecular weight excluding hydrogens is 395 g/mol. The number of hydrogen-bond donors (Lipinski definition) is 2. The van der Waals surface area contributed by atoms with Crippen molar-refractivity contribution >= 4 is 21.7 Å². The summed E-state index contributed by atoms with van der Waals surface area (Å²) in [4.78, 5) is 14.2. The third-order valence-corrected chi connectivity index (χ3v) is 5.78. The normalized spacial score (nSPS) is 11.9. The van der Waals surface area contributed by atoms with E-state index >= 15 is 0 Å². The number of aryl methyl sites for hydroxylation is 2. The summed E-state index contributed by atoms with van der Waals surface area (Å²) in [7, 11) is -4.48. The number of carbonyl (C=O) groups excluding carboxylic acids is 1. The minimum Gasteiger partial charge on any atom is -0.370 e. The van der Waals surface area contributed by atoms with Gasteiger partial charge in [0.15, 0.2) is 5.96 Å². The van der Waals surface area contributed by atoms with Crippen molar-refractivity contribution < 1.29 is 26.4 Å². The van der Waals surface area contributed by atoms with Gasteiger partial charge in [0.2, 0.25) is 9.84 Å². The molecular formula is C18H18F3N3O3S. The molecule has 2 aromatic rings. The molecule has 0 saturated heterocycles. The third-order valence-electron chi connectivity index (χ3n) is 3.97. The van der Waals surface area contributed by atoms with E-state index in [-0.39, 0.29) is 16.9 Å². The van der Waals surface area contributed by atoms with Gasteiger partial charge in [-0.3, -0.25) is 4.79 Å². The van der Waals surface area contributed by atoms with Gasteiger partial charge in [-0.05, 0) is 43.2 Å². The Kier molecular flexibility index (Phi) is 5.83. The standard InChI is InChI=1S/C18H18F3N3O3S/c1-3-11-8-15(28(26,27)12-6-4-10(2)5-7-12)14(18(19,20)21)9-13(11)16(25)24-17(22)23/h4-9H,3H2,1-2H3,(H4,22,23,24,25). The van der Waals surface area contributed by atoms with E-state index in [9.17, 15) is 26.4 Å². The molecule has 0 aromatic heterocycles. The fraction of sp³-hybridized carbons (Fsp3) is 0.222. The zero-order chi connectivity index (χ0) is 21.3. The second-order valence-corrected chi connectivity index (χ2v) is 7.93. The van der Waals surface area contributed by atoms with E-state index in [2.05, 4.69) is 4.99 Å². The lowest BCUT2D eigenvalue weighted by Gasteiger charge is -2.17. The largest absolute Gasteiger partial charge is 0.417 e. The second-order valence-electron chi connectivity index (χ2n) is 6.02. The Bertz CT molecular complexity index is 1040. The highest BCUT2D eigenvalue weighted by molar-refractivity contribution is 7.91. The summed E-state index contributed by atoms with van der Waals surface area (Å²) in [6.07, 6.45) is -4.93. The fourth-order valence-electron chi connectivity index (χ4n) is 2.58. The lowest BCUT2D eigenvalue weighted by Crippen LogP contribution is -2.25. The summed E-state index contributed by atoms with van der Waals surface area (Å²) in [6.45, 7) is 3.29. The summed E-state index contributed by atoms with van der Waals surface area (Å²) >= 11 is 0. The smallest absolute Gasteiger partial charge is 0.370 e. The van der Waals surface area contributed by atoms with Crippen molar-refractivity contribution in [3.05, 3.63) is 58.7 Å². The van der Waals surface area contributed by atoms with Crippen LogP contribution in [-0.4, -0.2) is 20.3 Å². The Morgan fingerprint density at radius 2 is 1.68 bits per heavy atom. The maximum atomic E-state index is 13.6. The minimum absolute atomic E-state index is 0.0775. The van der Waals surface area contributed by atoms with Crippen LogP contribution in [0.25, 0.3) is 0 Å². The van der Waals surface area contributed by atoms with Gasteiger partial charge >= 0.3 is 6.18 Å². The molecule has 0 aliphatic carbocycles. The van der Waals surface area contributed by atoms with Crippen molar-refractivity contribution in [2.75, 3.05) is 0 Å². The lowest BCUT2D eigenvalue weighted by atomic mass is 10.0. The van der Waals surface area contributed by atoms with E-state index in [4.69, 9.17) is 11.5 Å². The number of halogens is 3. The Morgan fingerprint density at radius 1 is 1.11 bits per heavy atom. The van der Waals surface area contributed by atoms with E-state index in [0.29, 0.717) is 6.07 Å². The van der Waals surface area contributed by atoms with Crippen molar-refractivity contribution in [2.45, 2.75) is 36.2 Å². The predicted molar refractivity (Wildman–Crippen MR) is 97.6 cm³/mol. The number of amides is 1. The molecule has 0 fully saturated rings. The van der Waals surface area contributed by atoms with Crippen LogP contribution in [0.2, 0.25) is 0 Å². The zero-order valence-corrected chi connectivity index (χ0v) is 15.9. The number of rotatable bonds is 4. The van der Waals surface area contributed by atoms with Gasteiger partial charge in [-0.2, -0.15) is 18.2 Å². The molecule has 0 unspecified atom stereocenters. The molecule has 2 aromatic carbocycles. The molecule has 0 spiro atoms. The molecule has 4 N–H and O–H groups in total. The van der Waals surface area contributed by atoms with Gasteiger partial charge in [-0.15, -0.1) is 0 Å². The summed E-state index contributed by atoms with van der Waals surface area (Å²) in [6, 6.07) is 6.76. The summed E-state index contributed by atoms with van der Waals surface area (Å²) in [5, 5.41) is 0. The molecule has 0 atom stereocenters. The van der Waals surface area contributed by atoms with Gasteiger partial charge < -0.3 is 11.5 Å².